The van der Waals surface area contributed by atoms with E-state index in [1.165, 1.54) is 23.6 Å². The van der Waals surface area contributed by atoms with Gasteiger partial charge in [0, 0.05) is 5.75 Å². The third-order valence-electron chi connectivity index (χ3n) is 2.79. The minimum atomic E-state index is -0.729. The predicted molar refractivity (Wildman–Crippen MR) is 66.1 cm³/mol. The summed E-state index contributed by atoms with van der Waals surface area (Å²) in [5, 5.41) is 21.7. The monoisotopic (exact) mass is 274 g/mol. The van der Waals surface area contributed by atoms with Crippen LogP contribution in [0.3, 0.4) is 0 Å². The molecule has 0 atom stereocenters. The van der Waals surface area contributed by atoms with Gasteiger partial charge in [-0.3, -0.25) is 4.79 Å². The second-order valence-electron chi connectivity index (χ2n) is 3.92. The highest BCUT2D eigenvalue weighted by atomic mass is 32.2. The van der Waals surface area contributed by atoms with Gasteiger partial charge in [0.1, 0.15) is 6.54 Å². The molecule has 1 heterocycles. The number of hydrogen-bond donors (Lipinski definition) is 1. The fourth-order valence-corrected chi connectivity index (χ4v) is 2.39. The van der Waals surface area contributed by atoms with Crippen LogP contribution in [0.15, 0.2) is 5.16 Å². The Balaban J connectivity index is 2.63. The molecule has 1 aromatic heterocycles. The van der Waals surface area contributed by atoms with E-state index in [9.17, 15) is 9.90 Å². The van der Waals surface area contributed by atoms with Gasteiger partial charge < -0.3 is 9.84 Å². The van der Waals surface area contributed by atoms with Crippen LogP contribution in [0.4, 0.5) is 0 Å². The number of hydrogen-bond acceptors (Lipinski definition) is 7. The van der Waals surface area contributed by atoms with E-state index < -0.39 is 11.6 Å². The predicted octanol–water partition coefficient (Wildman–Crippen LogP) is 0.489. The number of carbonyl (C=O) groups excluding carboxylic acids is 1. The molecule has 0 fully saturated rings. The van der Waals surface area contributed by atoms with Crippen molar-refractivity contribution >= 4 is 17.7 Å². The molecular formula is C10H18N4O3S. The Kier molecular flexibility index (Phi) is 5.54. The van der Waals surface area contributed by atoms with Crippen LogP contribution in [0.2, 0.25) is 0 Å². The smallest absolute Gasteiger partial charge is 0.327 e. The summed E-state index contributed by atoms with van der Waals surface area (Å²) < 4.78 is 5.92. The lowest BCUT2D eigenvalue weighted by Crippen LogP contribution is -2.29. The van der Waals surface area contributed by atoms with Crippen LogP contribution in [0.5, 0.6) is 0 Å². The zero-order valence-corrected chi connectivity index (χ0v) is 11.6. The molecule has 0 aliphatic carbocycles. The van der Waals surface area contributed by atoms with Crippen molar-refractivity contribution in [3.8, 4) is 0 Å². The molecule has 0 bridgehead atoms. The molecule has 0 radical (unpaired) electrons. The second kappa shape index (κ2) is 6.69. The maximum atomic E-state index is 11.1. The second-order valence-corrected chi connectivity index (χ2v) is 4.86. The Morgan fingerprint density at radius 1 is 1.50 bits per heavy atom. The van der Waals surface area contributed by atoms with E-state index in [0.717, 1.165) is 0 Å². The molecule has 0 spiro atoms. The molecule has 1 aromatic rings. The summed E-state index contributed by atoms with van der Waals surface area (Å²) >= 11 is 1.33. The number of methoxy groups -OCH3 is 1. The molecule has 0 aliphatic rings. The van der Waals surface area contributed by atoms with Crippen LogP contribution >= 0.6 is 11.8 Å². The SMILES string of the molecule is CCC(O)(CC)CSc1nnnn1CC(=O)OC. The first kappa shape index (κ1) is 14.9. The number of carbonyl (C=O) groups is 1. The van der Waals surface area contributed by atoms with Crippen molar-refractivity contribution in [2.24, 2.45) is 0 Å². The number of aromatic nitrogens is 4. The lowest BCUT2D eigenvalue weighted by molar-refractivity contribution is -0.141. The number of ether oxygens (including phenoxy) is 1. The first-order valence-corrected chi connectivity index (χ1v) is 6.71. The van der Waals surface area contributed by atoms with Crippen LogP contribution in [-0.4, -0.2) is 49.7 Å². The summed E-state index contributed by atoms with van der Waals surface area (Å²) in [4.78, 5) is 11.1. The molecule has 0 aromatic carbocycles. The number of thioether (sulfide) groups is 1. The highest BCUT2D eigenvalue weighted by Gasteiger charge is 2.24. The van der Waals surface area contributed by atoms with Crippen molar-refractivity contribution in [2.75, 3.05) is 12.9 Å². The average Bonchev–Trinajstić information content (AvgIpc) is 2.83. The Hall–Kier alpha value is -1.15. The number of nitrogens with zero attached hydrogens (tertiary/aromatic N) is 4. The van der Waals surface area contributed by atoms with Crippen molar-refractivity contribution < 1.29 is 14.6 Å². The molecule has 18 heavy (non-hydrogen) atoms. The number of rotatable bonds is 7. The van der Waals surface area contributed by atoms with Crippen molar-refractivity contribution in [2.45, 2.75) is 44.0 Å². The van der Waals surface area contributed by atoms with Gasteiger partial charge in [-0.1, -0.05) is 25.6 Å². The Morgan fingerprint density at radius 3 is 2.72 bits per heavy atom. The quantitative estimate of drug-likeness (QED) is 0.571. The molecule has 102 valence electrons. The van der Waals surface area contributed by atoms with Gasteiger partial charge in [0.2, 0.25) is 5.16 Å². The lowest BCUT2D eigenvalue weighted by atomic mass is 10.0. The highest BCUT2D eigenvalue weighted by molar-refractivity contribution is 7.99. The zero-order chi connectivity index (χ0) is 13.6. The maximum Gasteiger partial charge on any atom is 0.327 e. The minimum absolute atomic E-state index is 0.0253. The standard InChI is InChI=1S/C10H18N4O3S/c1-4-10(16,5-2)7-18-9-11-12-13-14(9)6-8(15)17-3/h16H,4-7H2,1-3H3. The fraction of sp³-hybridized carbons (Fsp3) is 0.800. The van der Waals surface area contributed by atoms with Crippen LogP contribution in [0, 0.1) is 0 Å². The average molecular weight is 274 g/mol. The number of aliphatic hydroxyl groups is 1. The van der Waals surface area contributed by atoms with Crippen molar-refractivity contribution in [3.05, 3.63) is 0 Å². The van der Waals surface area contributed by atoms with Crippen LogP contribution in [-0.2, 0) is 16.1 Å². The summed E-state index contributed by atoms with van der Waals surface area (Å²) in [6.45, 7) is 3.84. The first-order valence-electron chi connectivity index (χ1n) is 5.72. The number of esters is 1. The molecule has 0 amide bonds. The lowest BCUT2D eigenvalue weighted by Gasteiger charge is -2.23. The third-order valence-corrected chi connectivity index (χ3v) is 4.02. The van der Waals surface area contributed by atoms with E-state index in [4.69, 9.17) is 0 Å². The first-order chi connectivity index (χ1) is 8.54. The molecule has 0 saturated heterocycles. The summed E-state index contributed by atoms with van der Waals surface area (Å²) in [7, 11) is 1.31. The Bertz CT molecular complexity index is 392. The molecule has 0 saturated carbocycles. The van der Waals surface area contributed by atoms with Gasteiger partial charge in [0.15, 0.2) is 0 Å². The normalized spacial score (nSPS) is 11.6. The van der Waals surface area contributed by atoms with Gasteiger partial charge in [-0.15, -0.1) is 5.10 Å². The van der Waals surface area contributed by atoms with Crippen molar-refractivity contribution in [1.82, 2.24) is 20.2 Å². The highest BCUT2D eigenvalue weighted by Crippen LogP contribution is 2.24. The van der Waals surface area contributed by atoms with Gasteiger partial charge in [-0.2, -0.15) is 0 Å². The van der Waals surface area contributed by atoms with Crippen LogP contribution in [0.25, 0.3) is 0 Å². The van der Waals surface area contributed by atoms with Gasteiger partial charge in [0.25, 0.3) is 0 Å². The zero-order valence-electron chi connectivity index (χ0n) is 10.8. The molecule has 0 unspecified atom stereocenters. The van der Waals surface area contributed by atoms with Crippen LogP contribution in [0.1, 0.15) is 26.7 Å². The van der Waals surface area contributed by atoms with Crippen molar-refractivity contribution in [3.63, 3.8) is 0 Å². The van der Waals surface area contributed by atoms with Crippen LogP contribution < -0.4 is 0 Å². The topological polar surface area (TPSA) is 90.1 Å². The minimum Gasteiger partial charge on any atom is -0.468 e. The fourth-order valence-electron chi connectivity index (χ4n) is 1.24. The molecule has 8 heteroatoms. The van der Waals surface area contributed by atoms with Gasteiger partial charge in [-0.25, -0.2) is 4.68 Å². The summed E-state index contributed by atoms with van der Waals surface area (Å²) in [6, 6.07) is 0. The molecular weight excluding hydrogens is 256 g/mol. The van der Waals surface area contributed by atoms with Gasteiger partial charge >= 0.3 is 5.97 Å². The molecule has 0 aliphatic heterocycles. The maximum absolute atomic E-state index is 11.1. The Labute approximate surface area is 110 Å². The van der Waals surface area contributed by atoms with Gasteiger partial charge in [-0.05, 0) is 23.3 Å². The third kappa shape index (κ3) is 3.95. The van der Waals surface area contributed by atoms with E-state index in [0.29, 0.717) is 23.8 Å². The van der Waals surface area contributed by atoms with Gasteiger partial charge in [0.05, 0.1) is 12.7 Å². The van der Waals surface area contributed by atoms with E-state index in [2.05, 4.69) is 20.3 Å². The van der Waals surface area contributed by atoms with E-state index in [1.807, 2.05) is 13.8 Å². The molecule has 7 nitrogen and oxygen atoms in total. The number of tetrazole rings is 1. The van der Waals surface area contributed by atoms with E-state index in [-0.39, 0.29) is 6.54 Å². The summed E-state index contributed by atoms with van der Waals surface area (Å²) in [6.07, 6.45) is 1.32. The van der Waals surface area contributed by atoms with E-state index in [1.54, 1.807) is 0 Å². The summed E-state index contributed by atoms with van der Waals surface area (Å²) in [5.41, 5.74) is -0.729. The van der Waals surface area contributed by atoms with Crippen molar-refractivity contribution in [1.29, 1.82) is 0 Å². The largest absolute Gasteiger partial charge is 0.468 e. The van der Waals surface area contributed by atoms with E-state index >= 15 is 0 Å². The molecule has 1 N–H and O–H groups in total. The Morgan fingerprint density at radius 2 is 2.17 bits per heavy atom. The summed E-state index contributed by atoms with van der Waals surface area (Å²) in [5.74, 6) is 0.0760. The molecule has 1 rings (SSSR count).